The number of amides is 1. The van der Waals surface area contributed by atoms with Crippen molar-refractivity contribution < 1.29 is 13.2 Å². The van der Waals surface area contributed by atoms with Crippen LogP contribution in [0.5, 0.6) is 0 Å². The SMILES string of the molecule is CCc1sc(C(=O)Nc2ccc(C)c(S(=O)(=O)NC)c2)cc1C. The monoisotopic (exact) mass is 352 g/mol. The number of carbonyl (C=O) groups excluding carboxylic acids is 1. The first-order valence-electron chi connectivity index (χ1n) is 7.23. The Balaban J connectivity index is 2.29. The molecule has 7 heteroatoms. The smallest absolute Gasteiger partial charge is 0.265 e. The second-order valence-electron chi connectivity index (χ2n) is 5.21. The molecular formula is C16H20N2O3S2. The van der Waals surface area contributed by atoms with Crippen molar-refractivity contribution in [3.8, 4) is 0 Å². The van der Waals surface area contributed by atoms with Gasteiger partial charge in [0.15, 0.2) is 0 Å². The van der Waals surface area contributed by atoms with Crippen LogP contribution in [0.25, 0.3) is 0 Å². The molecule has 0 bridgehead atoms. The Morgan fingerprint density at radius 3 is 2.43 bits per heavy atom. The molecule has 1 aromatic heterocycles. The Kier molecular flexibility index (Phi) is 5.23. The molecule has 0 spiro atoms. The van der Waals surface area contributed by atoms with Crippen molar-refractivity contribution in [3.63, 3.8) is 0 Å². The van der Waals surface area contributed by atoms with Gasteiger partial charge in [-0.25, -0.2) is 13.1 Å². The molecule has 0 saturated carbocycles. The van der Waals surface area contributed by atoms with E-state index < -0.39 is 10.0 Å². The minimum Gasteiger partial charge on any atom is -0.321 e. The first-order valence-corrected chi connectivity index (χ1v) is 9.53. The normalized spacial score (nSPS) is 11.5. The predicted octanol–water partition coefficient (Wildman–Crippen LogP) is 3.09. The van der Waals surface area contributed by atoms with E-state index in [0.717, 1.165) is 12.0 Å². The van der Waals surface area contributed by atoms with Crippen LogP contribution in [0, 0.1) is 13.8 Å². The molecule has 0 fully saturated rings. The van der Waals surface area contributed by atoms with Crippen LogP contribution in [-0.4, -0.2) is 21.4 Å². The first-order chi connectivity index (χ1) is 10.8. The van der Waals surface area contributed by atoms with Gasteiger partial charge in [-0.2, -0.15) is 0 Å². The summed E-state index contributed by atoms with van der Waals surface area (Å²) in [5, 5.41) is 2.77. The van der Waals surface area contributed by atoms with Crippen molar-refractivity contribution >= 4 is 33.0 Å². The first kappa shape index (κ1) is 17.7. The Morgan fingerprint density at radius 1 is 1.17 bits per heavy atom. The van der Waals surface area contributed by atoms with Crippen LogP contribution in [0.3, 0.4) is 0 Å². The highest BCUT2D eigenvalue weighted by Crippen LogP contribution is 2.25. The van der Waals surface area contributed by atoms with E-state index in [2.05, 4.69) is 17.0 Å². The third kappa shape index (κ3) is 3.80. The van der Waals surface area contributed by atoms with Crippen molar-refractivity contribution in [2.24, 2.45) is 0 Å². The zero-order chi connectivity index (χ0) is 17.2. The fourth-order valence-electron chi connectivity index (χ4n) is 2.25. The molecule has 0 saturated heterocycles. The van der Waals surface area contributed by atoms with Gasteiger partial charge in [-0.3, -0.25) is 4.79 Å². The van der Waals surface area contributed by atoms with Crippen LogP contribution in [-0.2, 0) is 16.4 Å². The number of thiophene rings is 1. The van der Waals surface area contributed by atoms with Crippen molar-refractivity contribution in [2.75, 3.05) is 12.4 Å². The number of aryl methyl sites for hydroxylation is 3. The molecule has 0 aliphatic rings. The van der Waals surface area contributed by atoms with Crippen LogP contribution in [0.2, 0.25) is 0 Å². The van der Waals surface area contributed by atoms with Crippen molar-refractivity contribution in [2.45, 2.75) is 32.1 Å². The third-order valence-corrected chi connectivity index (χ3v) is 6.51. The van der Waals surface area contributed by atoms with Gasteiger partial charge in [0.2, 0.25) is 10.0 Å². The minimum absolute atomic E-state index is 0.161. The van der Waals surface area contributed by atoms with E-state index in [0.29, 0.717) is 16.1 Å². The summed E-state index contributed by atoms with van der Waals surface area (Å²) in [5.41, 5.74) is 2.18. The maximum absolute atomic E-state index is 12.3. The van der Waals surface area contributed by atoms with Gasteiger partial charge in [-0.05, 0) is 56.6 Å². The van der Waals surface area contributed by atoms with E-state index in [9.17, 15) is 13.2 Å². The summed E-state index contributed by atoms with van der Waals surface area (Å²) in [6.07, 6.45) is 0.888. The number of sulfonamides is 1. The highest BCUT2D eigenvalue weighted by Gasteiger charge is 2.17. The molecule has 0 aliphatic carbocycles. The van der Waals surface area contributed by atoms with Crippen LogP contribution in [0.4, 0.5) is 5.69 Å². The Hall–Kier alpha value is -1.70. The molecule has 1 heterocycles. The van der Waals surface area contributed by atoms with Gasteiger partial charge in [0.1, 0.15) is 0 Å². The summed E-state index contributed by atoms with van der Waals surface area (Å²) < 4.78 is 26.3. The second-order valence-corrected chi connectivity index (χ2v) is 8.20. The third-order valence-electron chi connectivity index (χ3n) is 3.57. The number of hydrogen-bond donors (Lipinski definition) is 2. The topological polar surface area (TPSA) is 75.3 Å². The van der Waals surface area contributed by atoms with Crippen LogP contribution < -0.4 is 10.0 Å². The Morgan fingerprint density at radius 2 is 1.87 bits per heavy atom. The predicted molar refractivity (Wildman–Crippen MR) is 93.8 cm³/mol. The molecule has 0 radical (unpaired) electrons. The summed E-state index contributed by atoms with van der Waals surface area (Å²) in [5.74, 6) is -0.227. The van der Waals surface area contributed by atoms with Gasteiger partial charge in [-0.1, -0.05) is 13.0 Å². The molecule has 0 aliphatic heterocycles. The van der Waals surface area contributed by atoms with E-state index in [1.165, 1.54) is 29.3 Å². The van der Waals surface area contributed by atoms with Gasteiger partial charge in [-0.15, -0.1) is 11.3 Å². The average Bonchev–Trinajstić information content (AvgIpc) is 2.90. The lowest BCUT2D eigenvalue weighted by Gasteiger charge is -2.10. The van der Waals surface area contributed by atoms with Gasteiger partial charge in [0.05, 0.1) is 9.77 Å². The lowest BCUT2D eigenvalue weighted by atomic mass is 10.2. The standard InChI is InChI=1S/C16H20N2O3S2/c1-5-13-11(3)8-14(22-13)16(19)18-12-7-6-10(2)15(9-12)23(20,21)17-4/h6-9,17H,5H2,1-4H3,(H,18,19). The van der Waals surface area contributed by atoms with Gasteiger partial charge >= 0.3 is 0 Å². The summed E-state index contributed by atoms with van der Waals surface area (Å²) in [7, 11) is -2.20. The number of benzene rings is 1. The van der Waals surface area contributed by atoms with Gasteiger partial charge in [0.25, 0.3) is 5.91 Å². The lowest BCUT2D eigenvalue weighted by molar-refractivity contribution is 0.103. The number of nitrogens with one attached hydrogen (secondary N) is 2. The van der Waals surface area contributed by atoms with E-state index in [1.54, 1.807) is 19.1 Å². The van der Waals surface area contributed by atoms with Gasteiger partial charge in [0, 0.05) is 10.6 Å². The van der Waals surface area contributed by atoms with Crippen molar-refractivity contribution in [1.29, 1.82) is 0 Å². The molecule has 2 aromatic rings. The summed E-state index contributed by atoms with van der Waals surface area (Å²) in [4.78, 5) is 14.3. The molecule has 5 nitrogen and oxygen atoms in total. The molecule has 2 rings (SSSR count). The fourth-order valence-corrected chi connectivity index (χ4v) is 4.26. The van der Waals surface area contributed by atoms with Crippen molar-refractivity contribution in [1.82, 2.24) is 4.72 Å². The molecule has 1 aromatic carbocycles. The Bertz CT molecular complexity index is 839. The largest absolute Gasteiger partial charge is 0.321 e. The number of anilines is 1. The quantitative estimate of drug-likeness (QED) is 0.868. The van der Waals surface area contributed by atoms with Crippen molar-refractivity contribution in [3.05, 3.63) is 45.1 Å². The molecule has 1 amide bonds. The molecule has 124 valence electrons. The molecule has 2 N–H and O–H groups in total. The fraction of sp³-hybridized carbons (Fsp3) is 0.312. The van der Waals surface area contributed by atoms with Gasteiger partial charge < -0.3 is 5.32 Å². The maximum Gasteiger partial charge on any atom is 0.265 e. The Labute approximate surface area is 140 Å². The second kappa shape index (κ2) is 6.82. The molecular weight excluding hydrogens is 332 g/mol. The van der Waals surface area contributed by atoms with Crippen LogP contribution in [0.1, 0.15) is 32.6 Å². The number of carbonyl (C=O) groups is 1. The lowest BCUT2D eigenvalue weighted by Crippen LogP contribution is -2.20. The highest BCUT2D eigenvalue weighted by molar-refractivity contribution is 7.89. The van der Waals surface area contributed by atoms with Crippen LogP contribution in [0.15, 0.2) is 29.2 Å². The van der Waals surface area contributed by atoms with Crippen LogP contribution >= 0.6 is 11.3 Å². The van der Waals surface area contributed by atoms with E-state index in [-0.39, 0.29) is 10.8 Å². The number of rotatable bonds is 5. The number of hydrogen-bond acceptors (Lipinski definition) is 4. The molecule has 23 heavy (non-hydrogen) atoms. The van der Waals surface area contributed by atoms with E-state index in [1.807, 2.05) is 13.0 Å². The molecule has 0 atom stereocenters. The highest BCUT2D eigenvalue weighted by atomic mass is 32.2. The van der Waals surface area contributed by atoms with E-state index in [4.69, 9.17) is 0 Å². The summed E-state index contributed by atoms with van der Waals surface area (Å²) in [6, 6.07) is 6.71. The maximum atomic E-state index is 12.3. The average molecular weight is 352 g/mol. The summed E-state index contributed by atoms with van der Waals surface area (Å²) >= 11 is 1.46. The summed E-state index contributed by atoms with van der Waals surface area (Å²) in [6.45, 7) is 5.75. The minimum atomic E-state index is -3.56. The zero-order valence-corrected chi connectivity index (χ0v) is 15.2. The zero-order valence-electron chi connectivity index (χ0n) is 13.6. The molecule has 0 unspecified atom stereocenters. The van der Waals surface area contributed by atoms with E-state index >= 15 is 0 Å².